The number of hydrogen-bond donors (Lipinski definition) is 1. The fourth-order valence-electron chi connectivity index (χ4n) is 1.96. The number of aromatic nitrogens is 1. The molecule has 0 spiro atoms. The van der Waals surface area contributed by atoms with Crippen molar-refractivity contribution in [2.75, 3.05) is 0 Å². The van der Waals surface area contributed by atoms with Crippen molar-refractivity contribution in [2.45, 2.75) is 26.2 Å². The molecule has 0 unspecified atom stereocenters. The first-order chi connectivity index (χ1) is 9.29. The van der Waals surface area contributed by atoms with Crippen molar-refractivity contribution in [3.05, 3.63) is 65.0 Å². The molecule has 0 aliphatic heterocycles. The number of rotatable bonds is 2. The maximum absolute atomic E-state index is 9.87. The second-order valence-electron chi connectivity index (χ2n) is 5.81. The third-order valence-electron chi connectivity index (χ3n) is 3.23. The quantitative estimate of drug-likeness (QED) is 0.805. The van der Waals surface area contributed by atoms with Gasteiger partial charge in [0.05, 0.1) is 0 Å². The molecule has 0 bridgehead atoms. The molecule has 1 aromatic heterocycles. The third kappa shape index (κ3) is 3.02. The van der Waals surface area contributed by atoms with Crippen LogP contribution in [0.2, 0.25) is 5.15 Å². The van der Waals surface area contributed by atoms with Gasteiger partial charge in [-0.15, -0.1) is 0 Å². The normalized spacial score (nSPS) is 11.4. The van der Waals surface area contributed by atoms with E-state index in [4.69, 9.17) is 11.6 Å². The molecule has 0 saturated heterocycles. The van der Waals surface area contributed by atoms with Crippen molar-refractivity contribution in [1.29, 1.82) is 0 Å². The Kier molecular flexibility index (Phi) is 3.87. The van der Waals surface area contributed by atoms with Crippen LogP contribution in [0.15, 0.2) is 43.0 Å². The fourth-order valence-corrected chi connectivity index (χ4v) is 2.11. The number of benzene rings is 1. The highest BCUT2D eigenvalue weighted by Gasteiger charge is 2.15. The lowest BCUT2D eigenvalue weighted by atomic mass is 9.86. The molecule has 2 nitrogen and oxygen atoms in total. The zero-order valence-corrected chi connectivity index (χ0v) is 12.7. The van der Waals surface area contributed by atoms with Crippen LogP contribution < -0.4 is 0 Å². The predicted molar refractivity (Wildman–Crippen MR) is 84.2 cm³/mol. The van der Waals surface area contributed by atoms with E-state index < -0.39 is 0 Å². The first-order valence-corrected chi connectivity index (χ1v) is 6.82. The molecule has 2 rings (SSSR count). The maximum Gasteiger partial charge on any atom is 0.141 e. The highest BCUT2D eigenvalue weighted by molar-refractivity contribution is 6.29. The molecule has 1 aromatic carbocycles. The van der Waals surface area contributed by atoms with Gasteiger partial charge in [0.2, 0.25) is 0 Å². The first-order valence-electron chi connectivity index (χ1n) is 6.45. The molecule has 0 fully saturated rings. The predicted octanol–water partition coefficient (Wildman–Crippen LogP) is 4.80. The summed E-state index contributed by atoms with van der Waals surface area (Å²) in [5.41, 5.74) is 3.35. The van der Waals surface area contributed by atoms with Crippen molar-refractivity contribution in [2.24, 2.45) is 0 Å². The minimum Gasteiger partial charge on any atom is -0.506 e. The Morgan fingerprint density at radius 1 is 1.10 bits per heavy atom. The Morgan fingerprint density at radius 2 is 1.70 bits per heavy atom. The summed E-state index contributed by atoms with van der Waals surface area (Å²) >= 11 is 5.87. The zero-order chi connectivity index (χ0) is 14.9. The lowest BCUT2D eigenvalue weighted by molar-refractivity contribution is 0.471. The molecule has 104 valence electrons. The van der Waals surface area contributed by atoms with Gasteiger partial charge in [-0.1, -0.05) is 63.2 Å². The summed E-state index contributed by atoms with van der Waals surface area (Å²) in [5.74, 6) is 0.0827. The SMILES string of the molecule is C=C(c1ccc(C(C)(C)C)cc1)c1nc(Cl)ccc1O. The maximum atomic E-state index is 9.87. The Labute approximate surface area is 124 Å². The molecule has 0 saturated carbocycles. The molecular formula is C17H18ClNO. The van der Waals surface area contributed by atoms with Crippen molar-refractivity contribution in [3.63, 3.8) is 0 Å². The Hall–Kier alpha value is -1.80. The number of hydrogen-bond acceptors (Lipinski definition) is 2. The van der Waals surface area contributed by atoms with Gasteiger partial charge < -0.3 is 5.11 Å². The highest BCUT2D eigenvalue weighted by atomic mass is 35.5. The van der Waals surface area contributed by atoms with Crippen molar-refractivity contribution in [3.8, 4) is 5.75 Å². The van der Waals surface area contributed by atoms with Gasteiger partial charge in [-0.05, 0) is 28.7 Å². The highest BCUT2D eigenvalue weighted by Crippen LogP contribution is 2.30. The minimum absolute atomic E-state index is 0.0827. The van der Waals surface area contributed by atoms with Gasteiger partial charge in [-0.25, -0.2) is 4.98 Å². The van der Waals surface area contributed by atoms with Gasteiger partial charge in [0.1, 0.15) is 16.6 Å². The molecule has 0 radical (unpaired) electrons. The van der Waals surface area contributed by atoms with E-state index in [-0.39, 0.29) is 11.2 Å². The Balaban J connectivity index is 2.37. The summed E-state index contributed by atoms with van der Waals surface area (Å²) in [6, 6.07) is 11.2. The van der Waals surface area contributed by atoms with Gasteiger partial charge in [0.25, 0.3) is 0 Å². The smallest absolute Gasteiger partial charge is 0.141 e. The van der Waals surface area contributed by atoms with Crippen molar-refractivity contribution < 1.29 is 5.11 Å². The number of halogens is 1. The monoisotopic (exact) mass is 287 g/mol. The molecule has 0 amide bonds. The molecule has 20 heavy (non-hydrogen) atoms. The fraction of sp³-hybridized carbons (Fsp3) is 0.235. The van der Waals surface area contributed by atoms with E-state index in [2.05, 4.69) is 44.5 Å². The van der Waals surface area contributed by atoms with E-state index in [1.54, 1.807) is 6.07 Å². The van der Waals surface area contributed by atoms with Crippen LogP contribution in [-0.2, 0) is 5.41 Å². The second-order valence-corrected chi connectivity index (χ2v) is 6.19. The molecular weight excluding hydrogens is 270 g/mol. The summed E-state index contributed by atoms with van der Waals surface area (Å²) in [5, 5.41) is 10.2. The molecule has 2 aromatic rings. The lowest BCUT2D eigenvalue weighted by Gasteiger charge is -2.19. The third-order valence-corrected chi connectivity index (χ3v) is 3.44. The van der Waals surface area contributed by atoms with Crippen LogP contribution in [0.3, 0.4) is 0 Å². The summed E-state index contributed by atoms with van der Waals surface area (Å²) in [6.07, 6.45) is 0. The average Bonchev–Trinajstić information content (AvgIpc) is 2.40. The van der Waals surface area contributed by atoms with E-state index >= 15 is 0 Å². The molecule has 1 heterocycles. The van der Waals surface area contributed by atoms with Crippen LogP contribution in [0.25, 0.3) is 5.57 Å². The molecule has 1 N–H and O–H groups in total. The van der Waals surface area contributed by atoms with Crippen LogP contribution in [0, 0.1) is 0 Å². The van der Waals surface area contributed by atoms with Crippen LogP contribution in [0.4, 0.5) is 0 Å². The van der Waals surface area contributed by atoms with E-state index in [1.165, 1.54) is 11.6 Å². The van der Waals surface area contributed by atoms with Crippen LogP contribution >= 0.6 is 11.6 Å². The van der Waals surface area contributed by atoms with E-state index in [0.717, 1.165) is 5.56 Å². The zero-order valence-electron chi connectivity index (χ0n) is 11.9. The molecule has 0 aliphatic rings. The van der Waals surface area contributed by atoms with Gasteiger partial charge in [0, 0.05) is 5.57 Å². The summed E-state index contributed by atoms with van der Waals surface area (Å²) in [4.78, 5) is 4.14. The van der Waals surface area contributed by atoms with Crippen LogP contribution in [0.1, 0.15) is 37.6 Å². The van der Waals surface area contributed by atoms with Gasteiger partial charge in [-0.2, -0.15) is 0 Å². The van der Waals surface area contributed by atoms with Crippen molar-refractivity contribution in [1.82, 2.24) is 4.98 Å². The summed E-state index contributed by atoms with van der Waals surface area (Å²) in [7, 11) is 0. The number of aromatic hydroxyl groups is 1. The van der Waals surface area contributed by atoms with Gasteiger partial charge in [0.15, 0.2) is 0 Å². The first kappa shape index (κ1) is 14.6. The Morgan fingerprint density at radius 3 is 2.25 bits per heavy atom. The Bertz CT molecular complexity index is 639. The molecule has 0 aliphatic carbocycles. The second kappa shape index (κ2) is 5.29. The minimum atomic E-state index is 0.0827. The standard InChI is InChI=1S/C17H18ClNO/c1-11(16-14(20)9-10-15(18)19-16)12-5-7-13(8-6-12)17(2,3)4/h5-10,20H,1H2,2-4H3. The van der Waals surface area contributed by atoms with Gasteiger partial charge >= 0.3 is 0 Å². The van der Waals surface area contributed by atoms with Crippen molar-refractivity contribution >= 4 is 17.2 Å². The topological polar surface area (TPSA) is 33.1 Å². The van der Waals surface area contributed by atoms with E-state index in [0.29, 0.717) is 16.4 Å². The van der Waals surface area contributed by atoms with Crippen LogP contribution in [0.5, 0.6) is 5.75 Å². The summed E-state index contributed by atoms with van der Waals surface area (Å²) < 4.78 is 0. The molecule has 0 atom stereocenters. The number of nitrogens with zero attached hydrogens (tertiary/aromatic N) is 1. The van der Waals surface area contributed by atoms with E-state index in [9.17, 15) is 5.11 Å². The summed E-state index contributed by atoms with van der Waals surface area (Å²) in [6.45, 7) is 10.5. The van der Waals surface area contributed by atoms with Crippen LogP contribution in [-0.4, -0.2) is 10.1 Å². The van der Waals surface area contributed by atoms with E-state index in [1.807, 2.05) is 12.1 Å². The number of pyridine rings is 1. The van der Waals surface area contributed by atoms with Gasteiger partial charge in [-0.3, -0.25) is 0 Å². The largest absolute Gasteiger partial charge is 0.506 e. The lowest BCUT2D eigenvalue weighted by Crippen LogP contribution is -2.10. The molecule has 3 heteroatoms. The average molecular weight is 288 g/mol.